The van der Waals surface area contributed by atoms with E-state index in [1.165, 1.54) is 38.5 Å². The van der Waals surface area contributed by atoms with Crippen LogP contribution in [0.4, 0.5) is 0 Å². The first-order valence-corrected chi connectivity index (χ1v) is 21.9. The number of phosphoric ester groups is 1. The summed E-state index contributed by atoms with van der Waals surface area (Å²) in [5.41, 5.74) is 5.33. The van der Waals surface area contributed by atoms with Gasteiger partial charge < -0.3 is 20.1 Å². The molecule has 0 amide bonds. The molecule has 0 aromatic carbocycles. The van der Waals surface area contributed by atoms with Crippen molar-refractivity contribution in [1.29, 1.82) is 0 Å². The second-order valence-electron chi connectivity index (χ2n) is 13.1. The van der Waals surface area contributed by atoms with Crippen LogP contribution in [0.3, 0.4) is 0 Å². The summed E-state index contributed by atoms with van der Waals surface area (Å²) >= 11 is 0. The lowest BCUT2D eigenvalue weighted by Crippen LogP contribution is -2.29. The minimum Gasteiger partial charge on any atom is -0.462 e. The normalized spacial score (nSPS) is 14.1. The molecule has 9 nitrogen and oxygen atoms in total. The van der Waals surface area contributed by atoms with Crippen LogP contribution in [-0.4, -0.2) is 49.3 Å². The smallest absolute Gasteiger partial charge is 0.462 e. The minimum absolute atomic E-state index is 0.0395. The second kappa shape index (κ2) is 39.2. The maximum Gasteiger partial charge on any atom is 0.472 e. The molecule has 3 N–H and O–H groups in total. The molecule has 0 spiro atoms. The van der Waals surface area contributed by atoms with Crippen molar-refractivity contribution < 1.29 is 37.6 Å². The van der Waals surface area contributed by atoms with Crippen molar-refractivity contribution in [2.45, 2.75) is 161 Å². The third-order valence-electron chi connectivity index (χ3n) is 8.08. The average Bonchev–Trinajstić information content (AvgIpc) is 3.14. The van der Waals surface area contributed by atoms with Gasteiger partial charge in [0.05, 0.1) is 13.2 Å². The number of carbonyl (C=O) groups excluding carboxylic acids is 2. The molecule has 10 heteroatoms. The molecule has 0 saturated heterocycles. The van der Waals surface area contributed by atoms with Gasteiger partial charge in [-0.15, -0.1) is 0 Å². The van der Waals surface area contributed by atoms with Gasteiger partial charge in [-0.1, -0.05) is 138 Å². The van der Waals surface area contributed by atoms with Gasteiger partial charge in [-0.25, -0.2) is 4.57 Å². The predicted molar refractivity (Wildman–Crippen MR) is 219 cm³/mol. The quantitative estimate of drug-likeness (QED) is 0.0274. The van der Waals surface area contributed by atoms with E-state index in [0.29, 0.717) is 19.3 Å². The van der Waals surface area contributed by atoms with Crippen molar-refractivity contribution >= 4 is 19.8 Å². The molecule has 0 aliphatic heterocycles. The highest BCUT2D eigenvalue weighted by atomic mass is 31.2. The van der Waals surface area contributed by atoms with Crippen LogP contribution in [0.2, 0.25) is 0 Å². The predicted octanol–water partition coefficient (Wildman–Crippen LogP) is 11.5. The van der Waals surface area contributed by atoms with Gasteiger partial charge in [0, 0.05) is 19.4 Å². The molecule has 0 saturated carbocycles. The Morgan fingerprint density at radius 3 is 1.60 bits per heavy atom. The lowest BCUT2D eigenvalue weighted by atomic mass is 10.1. The number of carbonyl (C=O) groups is 2. The minimum atomic E-state index is -4.40. The van der Waals surface area contributed by atoms with Crippen LogP contribution < -0.4 is 5.73 Å². The number of ether oxygens (including phenoxy) is 2. The maximum atomic E-state index is 12.5. The van der Waals surface area contributed by atoms with E-state index in [1.54, 1.807) is 0 Å². The fourth-order valence-corrected chi connectivity index (χ4v) is 5.84. The Kier molecular flexibility index (Phi) is 37.3. The molecule has 0 radical (unpaired) electrons. The van der Waals surface area contributed by atoms with Crippen LogP contribution in [-0.2, 0) is 32.7 Å². The molecule has 0 aromatic rings. The first kappa shape index (κ1) is 50.5. The highest BCUT2D eigenvalue weighted by Gasteiger charge is 2.25. The Bertz CT molecular complexity index is 1100. The lowest BCUT2D eigenvalue weighted by Gasteiger charge is -2.19. The van der Waals surface area contributed by atoms with Gasteiger partial charge in [-0.2, -0.15) is 0 Å². The summed E-state index contributed by atoms with van der Waals surface area (Å²) in [7, 11) is -4.40. The van der Waals surface area contributed by atoms with Crippen LogP contribution in [0.25, 0.3) is 0 Å². The largest absolute Gasteiger partial charge is 0.472 e. The van der Waals surface area contributed by atoms with Crippen molar-refractivity contribution in [3.63, 3.8) is 0 Å². The summed E-state index contributed by atoms with van der Waals surface area (Å²) in [6, 6.07) is 0. The third kappa shape index (κ3) is 39.0. The summed E-state index contributed by atoms with van der Waals surface area (Å²) in [5, 5.41) is 0. The van der Waals surface area contributed by atoms with Gasteiger partial charge in [0.1, 0.15) is 6.61 Å². The van der Waals surface area contributed by atoms with Crippen molar-refractivity contribution in [2.24, 2.45) is 5.73 Å². The van der Waals surface area contributed by atoms with E-state index in [-0.39, 0.29) is 32.6 Å². The summed E-state index contributed by atoms with van der Waals surface area (Å²) < 4.78 is 32.6. The SMILES string of the molecule is CCC=CCC=CCC=CCCCCCCCC(=O)OC[C@H](COP(=O)(O)OCCN)OC(=O)CCCC=CCC=CCC=CCCCCCCCC. The van der Waals surface area contributed by atoms with E-state index in [0.717, 1.165) is 70.6 Å². The Hall–Kier alpha value is -2.55. The van der Waals surface area contributed by atoms with Crippen LogP contribution in [0, 0.1) is 0 Å². The fraction of sp³-hybridized carbons (Fsp3) is 0.674. The van der Waals surface area contributed by atoms with Crippen LogP contribution in [0.1, 0.15) is 155 Å². The fourth-order valence-electron chi connectivity index (χ4n) is 5.07. The molecule has 0 bridgehead atoms. The van der Waals surface area contributed by atoms with Gasteiger partial charge in [0.15, 0.2) is 6.10 Å². The zero-order valence-corrected chi connectivity index (χ0v) is 34.1. The average molecular weight is 764 g/mol. The summed E-state index contributed by atoms with van der Waals surface area (Å²) in [6.45, 7) is 3.51. The monoisotopic (exact) mass is 764 g/mol. The zero-order chi connectivity index (χ0) is 38.9. The molecule has 2 atom stereocenters. The number of nitrogens with two attached hydrogens (primary N) is 1. The molecule has 304 valence electrons. The van der Waals surface area contributed by atoms with Gasteiger partial charge in [0.25, 0.3) is 0 Å². The van der Waals surface area contributed by atoms with Crippen LogP contribution in [0.5, 0.6) is 0 Å². The van der Waals surface area contributed by atoms with Crippen molar-refractivity contribution in [1.82, 2.24) is 0 Å². The Morgan fingerprint density at radius 1 is 0.585 bits per heavy atom. The molecule has 53 heavy (non-hydrogen) atoms. The van der Waals surface area contributed by atoms with Crippen LogP contribution in [0.15, 0.2) is 72.9 Å². The van der Waals surface area contributed by atoms with E-state index in [9.17, 15) is 19.0 Å². The highest BCUT2D eigenvalue weighted by Crippen LogP contribution is 2.43. The highest BCUT2D eigenvalue weighted by molar-refractivity contribution is 7.47. The van der Waals surface area contributed by atoms with E-state index in [2.05, 4.69) is 80.7 Å². The second-order valence-corrected chi connectivity index (χ2v) is 14.6. The van der Waals surface area contributed by atoms with E-state index < -0.39 is 32.5 Å². The number of phosphoric acid groups is 1. The standard InChI is InChI=1S/C43H74NO8P/c1-3-5-7-9-11-13-15-17-19-20-22-24-26-28-30-32-34-36-43(46)52-41(40-51-53(47,48)50-38-37-44)39-49-42(45)35-33-31-29-27-25-23-21-18-16-14-12-10-8-6-4-2/h6,8,12,14,17-19,21-22,24,28,30,41H,3-5,7,9-11,13,15-16,20,23,25-27,29,31-40,44H2,1-2H3,(H,47,48)/t41-/m1/s1. The third-order valence-corrected chi connectivity index (χ3v) is 9.06. The molecule has 0 aliphatic carbocycles. The number of hydrogen-bond donors (Lipinski definition) is 2. The molecule has 1 unspecified atom stereocenters. The molecular formula is C43H74NO8P. The Morgan fingerprint density at radius 2 is 1.06 bits per heavy atom. The van der Waals surface area contributed by atoms with E-state index in [1.807, 2.05) is 6.08 Å². The van der Waals surface area contributed by atoms with Gasteiger partial charge in [-0.3, -0.25) is 18.6 Å². The number of esters is 2. The molecular weight excluding hydrogens is 689 g/mol. The summed E-state index contributed by atoms with van der Waals surface area (Å²) in [6.07, 6.45) is 46.5. The molecule has 0 fully saturated rings. The zero-order valence-electron chi connectivity index (χ0n) is 33.2. The number of allylic oxidation sites excluding steroid dienone is 12. The first-order chi connectivity index (χ1) is 25.8. The summed E-state index contributed by atoms with van der Waals surface area (Å²) in [5.74, 6) is -0.917. The maximum absolute atomic E-state index is 12.5. The van der Waals surface area contributed by atoms with E-state index >= 15 is 0 Å². The molecule has 0 rings (SSSR count). The first-order valence-electron chi connectivity index (χ1n) is 20.4. The number of unbranched alkanes of at least 4 members (excludes halogenated alkanes) is 12. The molecule has 0 aromatic heterocycles. The van der Waals surface area contributed by atoms with Crippen LogP contribution >= 0.6 is 7.82 Å². The lowest BCUT2D eigenvalue weighted by molar-refractivity contribution is -0.161. The summed E-state index contributed by atoms with van der Waals surface area (Å²) in [4.78, 5) is 34.8. The number of rotatable bonds is 37. The van der Waals surface area contributed by atoms with E-state index in [4.69, 9.17) is 24.3 Å². The van der Waals surface area contributed by atoms with Gasteiger partial charge in [-0.05, 0) is 77.0 Å². The number of hydrogen-bond acceptors (Lipinski definition) is 8. The Labute approximate surface area is 322 Å². The van der Waals surface area contributed by atoms with Crippen molar-refractivity contribution in [2.75, 3.05) is 26.4 Å². The molecule has 0 heterocycles. The Balaban J connectivity index is 4.32. The van der Waals surface area contributed by atoms with Crippen molar-refractivity contribution in [3.8, 4) is 0 Å². The topological polar surface area (TPSA) is 134 Å². The van der Waals surface area contributed by atoms with Crippen molar-refractivity contribution in [3.05, 3.63) is 72.9 Å². The van der Waals surface area contributed by atoms with Gasteiger partial charge in [0.2, 0.25) is 0 Å². The van der Waals surface area contributed by atoms with Gasteiger partial charge >= 0.3 is 19.8 Å². The molecule has 0 aliphatic rings.